The number of aliphatic hydroxyl groups is 4. The van der Waals surface area contributed by atoms with Crippen molar-refractivity contribution in [2.75, 3.05) is 145 Å². The standard InChI is InChI=1S/C31H31ClFN3O5.C29H37ClN4O5.C26H23ClN2O3.C25H26ClN5O4/c32-21-3-10-28-27(17-21)26-11-12-36(31(38)41-25-8-4-22(33)5-9-25)30(29(26)34-28)20-1-6-24(7-2-20)40-19-23(37)18-35-13-15-39-16-14-35;1-2-38-29(37)34-10-9-24-25-17-21(30)5-8-26(25)31-27(24)28(34)20-3-6-23(7-4-20)39-19-22(36)18-33-13-11-32(12-14-33)15-16-35;1-31-20-10-7-18(8-11-20)25-24-21(22-15-19(27)9-12-23(22)28-24)13-14-29(25)26(30)32-16-17-5-3-2-4-6-17;1-2-34-25(33)31-10-9-20-21-11-17(26)5-8-22(21)29-23(20)24(31)16-3-6-19(7-4-16)35-13-18(32)12-30-15-27-14-28-30/h1-10,17,23,30,34,37H,11-16,18-19H2;3-8,17,22,28,31,35-36H,2,9-16,18-19H2,1H3;2-12,15,25,28H,13-14,16H2,1H3;3-8,11,14-15,18,24,29,32H,2,9-10,12-13H2,1H3. The van der Waals surface area contributed by atoms with E-state index in [4.69, 9.17) is 94.1 Å². The number of halogens is 5. The summed E-state index contributed by atoms with van der Waals surface area (Å²) >= 11 is 25.1. The fourth-order valence-corrected chi connectivity index (χ4v) is 20.8. The summed E-state index contributed by atoms with van der Waals surface area (Å²) in [7, 11) is 1.64. The number of aliphatic hydroxyl groups excluding tert-OH is 4. The van der Waals surface area contributed by atoms with Crippen molar-refractivity contribution in [1.29, 1.82) is 0 Å². The Kier molecular flexibility index (Phi) is 34.1. The number of methoxy groups -OCH3 is 1. The summed E-state index contributed by atoms with van der Waals surface area (Å²) in [5.74, 6) is 2.53. The first-order valence-electron chi connectivity index (χ1n) is 49.4. The Bertz CT molecular complexity index is 6980. The predicted octanol–water partition coefficient (Wildman–Crippen LogP) is 18.5. The number of hydrogen-bond donors (Lipinski definition) is 8. The Morgan fingerprint density at radius 1 is 0.415 bits per heavy atom. The number of fused-ring (bicyclic) bond motifs is 12. The zero-order chi connectivity index (χ0) is 102. The second-order valence-electron chi connectivity index (χ2n) is 36.7. The molecule has 4 amide bonds. The van der Waals surface area contributed by atoms with E-state index >= 15 is 0 Å². The van der Waals surface area contributed by atoms with E-state index in [2.05, 4.69) is 44.7 Å². The van der Waals surface area contributed by atoms with E-state index in [1.165, 1.54) is 41.7 Å². The fourth-order valence-electron chi connectivity index (χ4n) is 20.1. The molecule has 6 aliphatic heterocycles. The van der Waals surface area contributed by atoms with Crippen LogP contribution in [0.2, 0.25) is 20.1 Å². The van der Waals surface area contributed by atoms with Crippen molar-refractivity contribution >= 4 is 114 Å². The molecule has 8 N–H and O–H groups in total. The number of aromatic nitrogens is 7. The van der Waals surface area contributed by atoms with Crippen LogP contribution in [0.3, 0.4) is 0 Å². The van der Waals surface area contributed by atoms with Crippen molar-refractivity contribution in [1.82, 2.24) is 69.0 Å². The van der Waals surface area contributed by atoms with Gasteiger partial charge in [-0.15, -0.1) is 0 Å². The number of H-pyrrole nitrogens is 4. The van der Waals surface area contributed by atoms with E-state index in [-0.39, 0.29) is 75.2 Å². The molecular weight excluding hydrogens is 1960 g/mol. The smallest absolute Gasteiger partial charge is 0.416 e. The Morgan fingerprint density at radius 2 is 0.762 bits per heavy atom. The van der Waals surface area contributed by atoms with Gasteiger partial charge in [-0.25, -0.2) is 28.6 Å². The van der Waals surface area contributed by atoms with Crippen LogP contribution in [0.4, 0.5) is 23.6 Å². The molecular formula is C111H117Cl4FN14O17. The lowest BCUT2D eigenvalue weighted by molar-refractivity contribution is 0.00464. The zero-order valence-electron chi connectivity index (χ0n) is 81.6. The van der Waals surface area contributed by atoms with E-state index in [1.54, 1.807) is 44.6 Å². The highest BCUT2D eigenvalue weighted by Crippen LogP contribution is 2.46. The molecule has 0 saturated carbocycles. The Balaban J connectivity index is 0.000000129. The van der Waals surface area contributed by atoms with Crippen LogP contribution in [0.1, 0.15) is 111 Å². The van der Waals surface area contributed by atoms with Crippen molar-refractivity contribution in [3.63, 3.8) is 0 Å². The summed E-state index contributed by atoms with van der Waals surface area (Å²) in [5, 5.41) is 51.3. The summed E-state index contributed by atoms with van der Waals surface area (Å²) in [6.45, 7) is 15.7. The lowest BCUT2D eigenvalue weighted by Gasteiger charge is -2.35. The third kappa shape index (κ3) is 25.0. The van der Waals surface area contributed by atoms with Crippen molar-refractivity contribution in [2.24, 2.45) is 0 Å². The lowest BCUT2D eigenvalue weighted by atomic mass is 9.92. The van der Waals surface area contributed by atoms with Crippen molar-refractivity contribution in [3.05, 3.63) is 336 Å². The van der Waals surface area contributed by atoms with Gasteiger partial charge in [0.25, 0.3) is 0 Å². The minimum Gasteiger partial charge on any atom is -0.497 e. The topological polar surface area (TPSA) is 349 Å². The van der Waals surface area contributed by atoms with Gasteiger partial charge >= 0.3 is 24.4 Å². The number of rotatable bonds is 27. The molecule has 6 aliphatic rings. The minimum atomic E-state index is -0.727. The van der Waals surface area contributed by atoms with Gasteiger partial charge in [0.15, 0.2) is 0 Å². The summed E-state index contributed by atoms with van der Waals surface area (Å²) in [5.41, 5.74) is 17.0. The second-order valence-corrected chi connectivity index (χ2v) is 38.5. The third-order valence-electron chi connectivity index (χ3n) is 27.2. The van der Waals surface area contributed by atoms with Crippen LogP contribution >= 0.6 is 46.4 Å². The van der Waals surface area contributed by atoms with Gasteiger partial charge in [-0.05, 0) is 235 Å². The molecule has 21 rings (SSSR count). The van der Waals surface area contributed by atoms with Crippen LogP contribution in [-0.4, -0.2) is 277 Å². The predicted molar refractivity (Wildman–Crippen MR) is 559 cm³/mol. The zero-order valence-corrected chi connectivity index (χ0v) is 84.6. The first-order chi connectivity index (χ1) is 71.6. The van der Waals surface area contributed by atoms with Gasteiger partial charge in [-0.3, -0.25) is 39.0 Å². The number of β-amino-alcohol motifs (C(OH)–C–C–N with tert-alkyl or cyclic N) is 3. The van der Waals surface area contributed by atoms with Gasteiger partial charge in [0.2, 0.25) is 0 Å². The largest absolute Gasteiger partial charge is 0.497 e. The number of carbonyl (C=O) groups excluding carboxylic acids is 4. The minimum absolute atomic E-state index is 0.116. The molecule has 7 atom stereocenters. The molecule has 36 heteroatoms. The number of piperazine rings is 1. The van der Waals surface area contributed by atoms with Gasteiger partial charge < -0.3 is 83.0 Å². The summed E-state index contributed by atoms with van der Waals surface area (Å²) in [6, 6.07) is 67.4. The molecule has 0 aliphatic carbocycles. The SMILES string of the molecule is CCOC(=O)N1CCc2c([nH]c3ccc(Cl)cc23)C1c1ccc(OCC(O)CN2CCN(CCO)CC2)cc1.CCOC(=O)N1CCc2c([nH]c3ccc(Cl)cc23)C1c1ccc(OCC(O)Cn2cncn2)cc1.COc1ccc(C2c3[nH]c4ccc(Cl)cc4c3CCN2C(=O)OCc2ccccc2)cc1.O=C(Oc1ccc(F)cc1)N1CCc2c([nH]c3ccc(Cl)cc23)C1c1ccc(OCC(O)CN2CCOCC2)cc1. The van der Waals surface area contributed by atoms with E-state index in [0.717, 1.165) is 157 Å². The molecule has 768 valence electrons. The molecule has 0 spiro atoms. The van der Waals surface area contributed by atoms with E-state index in [0.29, 0.717) is 135 Å². The number of nitrogens with zero attached hydrogens (tertiary/aromatic N) is 10. The van der Waals surface area contributed by atoms with Gasteiger partial charge in [0.1, 0.15) is 116 Å². The molecule has 11 heterocycles. The number of nitrogens with one attached hydrogen (secondary N) is 4. The molecule has 15 aromatic rings. The second kappa shape index (κ2) is 48.5. The average molecular weight is 2080 g/mol. The summed E-state index contributed by atoms with van der Waals surface area (Å²) < 4.78 is 65.3. The van der Waals surface area contributed by atoms with Crippen LogP contribution in [0.15, 0.2) is 237 Å². The van der Waals surface area contributed by atoms with Crippen molar-refractivity contribution in [3.8, 4) is 28.7 Å². The molecule has 2 saturated heterocycles. The third-order valence-corrected chi connectivity index (χ3v) is 28.1. The molecule has 2 fully saturated rings. The normalized spacial score (nSPS) is 17.4. The maximum absolute atomic E-state index is 13.4. The average Bonchev–Trinajstić information content (AvgIpc) is 1.62. The van der Waals surface area contributed by atoms with Crippen LogP contribution in [0, 0.1) is 5.82 Å². The summed E-state index contributed by atoms with van der Waals surface area (Å²) in [4.78, 5) is 83.9. The highest BCUT2D eigenvalue weighted by atomic mass is 35.5. The molecule has 147 heavy (non-hydrogen) atoms. The highest BCUT2D eigenvalue weighted by molar-refractivity contribution is 6.32. The van der Waals surface area contributed by atoms with Crippen LogP contribution in [0.5, 0.6) is 28.7 Å². The van der Waals surface area contributed by atoms with E-state index in [1.807, 2.05) is 207 Å². The number of carbonyl (C=O) groups is 4. The number of aromatic amines is 4. The van der Waals surface area contributed by atoms with E-state index in [9.17, 15) is 38.9 Å². The Labute approximate surface area is 869 Å². The van der Waals surface area contributed by atoms with Crippen molar-refractivity contribution in [2.45, 2.75) is 95.2 Å². The quantitative estimate of drug-likeness (QED) is 0.0222. The van der Waals surface area contributed by atoms with Crippen molar-refractivity contribution < 1.29 is 86.6 Å². The number of ether oxygens (including phenoxy) is 9. The number of hydrogen-bond acceptors (Lipinski definition) is 22. The molecule has 7 unspecified atom stereocenters. The first kappa shape index (κ1) is 104. The van der Waals surface area contributed by atoms with Gasteiger partial charge in [-0.1, -0.05) is 125 Å². The van der Waals surface area contributed by atoms with E-state index < -0.39 is 36.3 Å². The van der Waals surface area contributed by atoms with Gasteiger partial charge in [0, 0.05) is 172 Å². The molecule has 0 bridgehead atoms. The van der Waals surface area contributed by atoms with Crippen LogP contribution in [-0.2, 0) is 57.8 Å². The molecule has 10 aromatic carbocycles. The van der Waals surface area contributed by atoms with Gasteiger partial charge in [0.05, 0.1) is 46.7 Å². The van der Waals surface area contributed by atoms with Gasteiger partial charge in [-0.2, -0.15) is 5.10 Å². The first-order valence-corrected chi connectivity index (χ1v) is 50.9. The molecule has 31 nitrogen and oxygen atoms in total. The van der Waals surface area contributed by atoms with Crippen LogP contribution < -0.4 is 23.7 Å². The lowest BCUT2D eigenvalue weighted by Crippen LogP contribution is -2.49. The summed E-state index contributed by atoms with van der Waals surface area (Å²) in [6.07, 6.45) is 2.21. The Morgan fingerprint density at radius 3 is 1.12 bits per heavy atom. The molecule has 5 aromatic heterocycles. The monoisotopic (exact) mass is 2080 g/mol. The fraction of sp³-hybridized carbons (Fsp3) is 0.333. The Hall–Kier alpha value is -13.5. The number of amides is 4. The maximum atomic E-state index is 13.4. The number of morpholine rings is 1. The maximum Gasteiger partial charge on any atom is 0.416 e. The van der Waals surface area contributed by atoms with Crippen LogP contribution in [0.25, 0.3) is 43.6 Å². The molecule has 0 radical (unpaired) electrons. The number of benzene rings is 10. The highest BCUT2D eigenvalue weighted by Gasteiger charge is 2.41.